The van der Waals surface area contributed by atoms with E-state index in [1.54, 1.807) is 11.6 Å². The van der Waals surface area contributed by atoms with E-state index < -0.39 is 10.0 Å². The predicted octanol–water partition coefficient (Wildman–Crippen LogP) is 2.04. The Kier molecular flexibility index (Phi) is 4.77. The molecule has 0 saturated heterocycles. The second-order valence-electron chi connectivity index (χ2n) is 4.14. The van der Waals surface area contributed by atoms with Gasteiger partial charge in [-0.2, -0.15) is 0 Å². The summed E-state index contributed by atoms with van der Waals surface area (Å²) >= 11 is 7.39. The summed E-state index contributed by atoms with van der Waals surface area (Å²) in [5.41, 5.74) is 8.72. The third-order valence-electron chi connectivity index (χ3n) is 2.82. The Morgan fingerprint density at radius 2 is 2.20 bits per heavy atom. The Labute approximate surface area is 126 Å². The summed E-state index contributed by atoms with van der Waals surface area (Å²) in [6.07, 6.45) is 0. The van der Waals surface area contributed by atoms with Crippen LogP contribution in [0.3, 0.4) is 0 Å². The van der Waals surface area contributed by atoms with Crippen molar-refractivity contribution in [1.29, 1.82) is 0 Å². The van der Waals surface area contributed by atoms with Gasteiger partial charge in [0.15, 0.2) is 0 Å². The van der Waals surface area contributed by atoms with Gasteiger partial charge in [0.1, 0.15) is 0 Å². The summed E-state index contributed by atoms with van der Waals surface area (Å²) in [4.78, 5) is 5.09. The molecule has 3 N–H and O–H groups in total. The van der Waals surface area contributed by atoms with Crippen molar-refractivity contribution in [2.75, 3.05) is 0 Å². The normalized spacial score (nSPS) is 11.8. The van der Waals surface area contributed by atoms with Gasteiger partial charge in [-0.3, -0.25) is 0 Å². The van der Waals surface area contributed by atoms with Gasteiger partial charge in [-0.05, 0) is 24.6 Å². The molecule has 1 heterocycles. The molecule has 0 atom stereocenters. The summed E-state index contributed by atoms with van der Waals surface area (Å²) < 4.78 is 26.9. The van der Waals surface area contributed by atoms with Gasteiger partial charge in [-0.25, -0.2) is 18.1 Å². The molecule has 108 valence electrons. The number of aryl methyl sites for hydroxylation is 1. The standard InChI is InChI=1S/C12H14ClN3O2S2/c1-8-12(19-7-15-8)6-16-20(17,18)10-3-2-9(5-14)11(13)4-10/h2-4,7,16H,5-6,14H2,1H3. The number of rotatable bonds is 5. The number of nitrogens with two attached hydrogens (primary N) is 1. The third-order valence-corrected chi connectivity index (χ3v) is 5.51. The van der Waals surface area contributed by atoms with Crippen molar-refractivity contribution in [3.63, 3.8) is 0 Å². The first kappa shape index (κ1) is 15.4. The highest BCUT2D eigenvalue weighted by Gasteiger charge is 2.16. The molecule has 0 radical (unpaired) electrons. The van der Waals surface area contributed by atoms with E-state index in [0.717, 1.165) is 10.6 Å². The minimum atomic E-state index is -3.60. The molecule has 0 fully saturated rings. The van der Waals surface area contributed by atoms with Crippen molar-refractivity contribution in [1.82, 2.24) is 9.71 Å². The molecule has 0 aliphatic rings. The molecule has 2 rings (SSSR count). The summed E-state index contributed by atoms with van der Waals surface area (Å²) in [6, 6.07) is 4.52. The summed E-state index contributed by atoms with van der Waals surface area (Å²) in [7, 11) is -3.60. The van der Waals surface area contributed by atoms with E-state index in [0.29, 0.717) is 10.6 Å². The predicted molar refractivity (Wildman–Crippen MR) is 80.2 cm³/mol. The minimum Gasteiger partial charge on any atom is -0.326 e. The van der Waals surface area contributed by atoms with Gasteiger partial charge in [0.05, 0.1) is 16.1 Å². The van der Waals surface area contributed by atoms with Crippen LogP contribution >= 0.6 is 22.9 Å². The number of hydrogen-bond acceptors (Lipinski definition) is 5. The van der Waals surface area contributed by atoms with Crippen molar-refractivity contribution in [2.24, 2.45) is 5.73 Å². The highest BCUT2D eigenvalue weighted by atomic mass is 35.5. The highest BCUT2D eigenvalue weighted by molar-refractivity contribution is 7.89. The molecule has 0 saturated carbocycles. The molecule has 1 aromatic heterocycles. The lowest BCUT2D eigenvalue weighted by molar-refractivity contribution is 0.581. The quantitative estimate of drug-likeness (QED) is 0.878. The summed E-state index contributed by atoms with van der Waals surface area (Å²) in [6.45, 7) is 2.33. The third kappa shape index (κ3) is 3.36. The maximum Gasteiger partial charge on any atom is 0.240 e. The number of benzene rings is 1. The molecule has 0 amide bonds. The largest absolute Gasteiger partial charge is 0.326 e. The molecule has 2 aromatic rings. The fourth-order valence-electron chi connectivity index (χ4n) is 1.60. The van der Waals surface area contributed by atoms with Crippen LogP contribution in [0.15, 0.2) is 28.6 Å². The monoisotopic (exact) mass is 331 g/mol. The second kappa shape index (κ2) is 6.19. The van der Waals surface area contributed by atoms with Crippen LogP contribution in [0.5, 0.6) is 0 Å². The van der Waals surface area contributed by atoms with Gasteiger partial charge < -0.3 is 5.73 Å². The van der Waals surface area contributed by atoms with Crippen LogP contribution in [0.25, 0.3) is 0 Å². The Bertz CT molecular complexity index is 713. The number of aromatic nitrogens is 1. The Hall–Kier alpha value is -0.990. The van der Waals surface area contributed by atoms with E-state index in [4.69, 9.17) is 17.3 Å². The first-order valence-electron chi connectivity index (χ1n) is 5.81. The Balaban J connectivity index is 2.18. The molecule has 0 aliphatic heterocycles. The van der Waals surface area contributed by atoms with Gasteiger partial charge in [-0.1, -0.05) is 17.7 Å². The van der Waals surface area contributed by atoms with Crippen LogP contribution in [0.4, 0.5) is 0 Å². The van der Waals surface area contributed by atoms with Crippen LogP contribution in [-0.2, 0) is 23.1 Å². The van der Waals surface area contributed by atoms with Crippen molar-refractivity contribution in [2.45, 2.75) is 24.9 Å². The van der Waals surface area contributed by atoms with Crippen LogP contribution in [0.2, 0.25) is 5.02 Å². The number of nitrogens with one attached hydrogen (secondary N) is 1. The Morgan fingerprint density at radius 3 is 2.75 bits per heavy atom. The van der Waals surface area contributed by atoms with Crippen molar-refractivity contribution in [3.05, 3.63) is 44.9 Å². The van der Waals surface area contributed by atoms with E-state index >= 15 is 0 Å². The molecule has 5 nitrogen and oxygen atoms in total. The molecule has 8 heteroatoms. The first-order valence-corrected chi connectivity index (χ1v) is 8.55. The first-order chi connectivity index (χ1) is 9.44. The zero-order valence-electron chi connectivity index (χ0n) is 10.8. The molecular weight excluding hydrogens is 318 g/mol. The van der Waals surface area contributed by atoms with Crippen LogP contribution < -0.4 is 10.5 Å². The second-order valence-corrected chi connectivity index (χ2v) is 7.26. The van der Waals surface area contributed by atoms with Gasteiger partial charge >= 0.3 is 0 Å². The fourth-order valence-corrected chi connectivity index (χ4v) is 3.75. The van der Waals surface area contributed by atoms with E-state index in [1.807, 2.05) is 6.92 Å². The molecule has 0 spiro atoms. The zero-order valence-corrected chi connectivity index (χ0v) is 13.1. The van der Waals surface area contributed by atoms with Crippen molar-refractivity contribution >= 4 is 33.0 Å². The van der Waals surface area contributed by atoms with Gasteiger partial charge in [0.2, 0.25) is 10.0 Å². The van der Waals surface area contributed by atoms with Crippen LogP contribution in [0.1, 0.15) is 16.1 Å². The average molecular weight is 332 g/mol. The van der Waals surface area contributed by atoms with E-state index in [1.165, 1.54) is 23.5 Å². The van der Waals surface area contributed by atoms with Crippen LogP contribution in [-0.4, -0.2) is 13.4 Å². The SMILES string of the molecule is Cc1ncsc1CNS(=O)(=O)c1ccc(CN)c(Cl)c1. The number of hydrogen-bond donors (Lipinski definition) is 2. The number of nitrogens with zero attached hydrogens (tertiary/aromatic N) is 1. The lowest BCUT2D eigenvalue weighted by Crippen LogP contribution is -2.23. The lowest BCUT2D eigenvalue weighted by atomic mass is 10.2. The van der Waals surface area contributed by atoms with Crippen LogP contribution in [0, 0.1) is 6.92 Å². The zero-order chi connectivity index (χ0) is 14.8. The summed E-state index contributed by atoms with van der Waals surface area (Å²) in [5.74, 6) is 0. The van der Waals surface area contributed by atoms with Crippen molar-refractivity contribution in [3.8, 4) is 0 Å². The molecule has 20 heavy (non-hydrogen) atoms. The number of sulfonamides is 1. The minimum absolute atomic E-state index is 0.127. The maximum absolute atomic E-state index is 12.2. The number of halogens is 1. The fraction of sp³-hybridized carbons (Fsp3) is 0.250. The van der Waals surface area contributed by atoms with Gasteiger partial charge in [0, 0.05) is 23.0 Å². The highest BCUT2D eigenvalue weighted by Crippen LogP contribution is 2.21. The number of thiazole rings is 1. The molecule has 0 bridgehead atoms. The van der Waals surface area contributed by atoms with Crippen molar-refractivity contribution < 1.29 is 8.42 Å². The summed E-state index contributed by atoms with van der Waals surface area (Å²) in [5, 5.41) is 0.351. The van der Waals surface area contributed by atoms with Gasteiger partial charge in [0.25, 0.3) is 0 Å². The average Bonchev–Trinajstić information content (AvgIpc) is 2.82. The van der Waals surface area contributed by atoms with E-state index in [2.05, 4.69) is 9.71 Å². The van der Waals surface area contributed by atoms with Gasteiger partial charge in [-0.15, -0.1) is 11.3 Å². The van der Waals surface area contributed by atoms with E-state index in [9.17, 15) is 8.42 Å². The Morgan fingerprint density at radius 1 is 1.45 bits per heavy atom. The molecular formula is C12H14ClN3O2S2. The molecule has 0 unspecified atom stereocenters. The topological polar surface area (TPSA) is 85.1 Å². The lowest BCUT2D eigenvalue weighted by Gasteiger charge is -2.08. The molecule has 0 aliphatic carbocycles. The van der Waals surface area contributed by atoms with E-state index in [-0.39, 0.29) is 18.0 Å². The smallest absolute Gasteiger partial charge is 0.240 e. The maximum atomic E-state index is 12.2. The molecule has 1 aromatic carbocycles.